The van der Waals surface area contributed by atoms with Crippen molar-refractivity contribution in [2.45, 2.75) is 122 Å². The highest BCUT2D eigenvalue weighted by molar-refractivity contribution is 6.77. The van der Waals surface area contributed by atoms with Gasteiger partial charge in [-0.05, 0) is 47.6 Å². The van der Waals surface area contributed by atoms with Crippen LogP contribution in [0.2, 0.25) is 34.8 Å². The minimum absolute atomic E-state index is 0.146. The highest BCUT2D eigenvalue weighted by atomic mass is 28.4. The molecule has 1 aromatic rings. The van der Waals surface area contributed by atoms with Crippen LogP contribution in [0.15, 0.2) is 12.5 Å². The van der Waals surface area contributed by atoms with Gasteiger partial charge in [0.25, 0.3) is 0 Å². The molecule has 1 aliphatic rings. The summed E-state index contributed by atoms with van der Waals surface area (Å²) >= 11 is 0. The number of hydrogen-bond donors (Lipinski definition) is 0. The molecular weight excluding hydrogens is 470 g/mol. The van der Waals surface area contributed by atoms with Crippen molar-refractivity contribution in [1.29, 1.82) is 0 Å². The van der Waals surface area contributed by atoms with Gasteiger partial charge in [0.1, 0.15) is 12.1 Å². The van der Waals surface area contributed by atoms with E-state index in [0.29, 0.717) is 33.9 Å². The minimum Gasteiger partial charge on any atom is -0.416 e. The van der Waals surface area contributed by atoms with Gasteiger partial charge in [0, 0.05) is 31.8 Å². The fraction of sp³-hybridized carbons (Fsp3) is 0.815. The molecule has 0 saturated heterocycles. The molecule has 35 heavy (non-hydrogen) atoms. The topological polar surface area (TPSA) is 64.5 Å². The predicted molar refractivity (Wildman–Crippen MR) is 151 cm³/mol. The van der Waals surface area contributed by atoms with Gasteiger partial charge in [-0.1, -0.05) is 62.3 Å². The summed E-state index contributed by atoms with van der Waals surface area (Å²) in [5, 5.41) is 0.171. The third-order valence-corrected chi connectivity index (χ3v) is 19.5. The first-order valence-electron chi connectivity index (χ1n) is 13.4. The summed E-state index contributed by atoms with van der Waals surface area (Å²) in [5.41, 5.74) is 2.13. The Labute approximate surface area is 216 Å². The maximum absolute atomic E-state index is 11.7. The number of carbonyl (C=O) groups is 1. The molecule has 0 N–H and O–H groups in total. The minimum atomic E-state index is -2.05. The van der Waals surface area contributed by atoms with Crippen molar-refractivity contribution in [3.8, 4) is 0 Å². The Hall–Kier alpha value is -1.10. The third-order valence-electron chi connectivity index (χ3n) is 8.86. The molecule has 0 radical (unpaired) electrons. The molecule has 1 saturated carbocycles. The highest BCUT2D eigenvalue weighted by Gasteiger charge is 2.50. The van der Waals surface area contributed by atoms with Crippen LogP contribution in [0.25, 0.3) is 0 Å². The van der Waals surface area contributed by atoms with Crippen LogP contribution in [0.4, 0.5) is 5.82 Å². The molecule has 1 fully saturated rings. The molecule has 1 aromatic heterocycles. The van der Waals surface area contributed by atoms with Gasteiger partial charge in [-0.3, -0.25) is 4.79 Å². The van der Waals surface area contributed by atoms with Crippen molar-refractivity contribution in [2.75, 3.05) is 18.6 Å². The number of aromatic nitrogens is 2. The van der Waals surface area contributed by atoms with Crippen LogP contribution in [-0.4, -0.2) is 58.7 Å². The summed E-state index contributed by atoms with van der Waals surface area (Å²) in [4.78, 5) is 22.3. The summed E-state index contributed by atoms with van der Waals surface area (Å²) in [6.07, 6.45) is 6.01. The Morgan fingerprint density at radius 3 is 2.14 bits per heavy atom. The summed E-state index contributed by atoms with van der Waals surface area (Å²) < 4.78 is 14.1. The van der Waals surface area contributed by atoms with Gasteiger partial charge in [-0.15, -0.1) is 0 Å². The normalized spacial score (nSPS) is 21.9. The Balaban J connectivity index is 2.38. The summed E-state index contributed by atoms with van der Waals surface area (Å²) in [5.74, 6) is 1.02. The van der Waals surface area contributed by atoms with Gasteiger partial charge >= 0.3 is 0 Å². The third kappa shape index (κ3) is 6.43. The van der Waals surface area contributed by atoms with Crippen LogP contribution in [0.1, 0.15) is 85.5 Å². The Morgan fingerprint density at radius 1 is 1.09 bits per heavy atom. The van der Waals surface area contributed by atoms with E-state index in [1.165, 1.54) is 6.33 Å². The summed E-state index contributed by atoms with van der Waals surface area (Å²) in [6, 6.07) is 0.236. The van der Waals surface area contributed by atoms with Gasteiger partial charge in [-0.2, -0.15) is 0 Å². The second-order valence-corrected chi connectivity index (χ2v) is 23.2. The molecular formula is C27H51N3O3Si2. The van der Waals surface area contributed by atoms with E-state index in [1.807, 2.05) is 7.05 Å². The van der Waals surface area contributed by atoms with E-state index in [9.17, 15) is 4.79 Å². The first kappa shape index (κ1) is 30.1. The van der Waals surface area contributed by atoms with E-state index >= 15 is 0 Å². The monoisotopic (exact) mass is 521 g/mol. The van der Waals surface area contributed by atoms with Crippen LogP contribution in [0.3, 0.4) is 0 Å². The average Bonchev–Trinajstić information content (AvgIpc) is 3.16. The fourth-order valence-electron chi connectivity index (χ4n) is 5.78. The molecule has 1 heterocycles. The lowest BCUT2D eigenvalue weighted by molar-refractivity contribution is 0.0970. The Bertz CT molecular complexity index is 817. The molecule has 0 unspecified atom stereocenters. The van der Waals surface area contributed by atoms with E-state index in [0.717, 1.165) is 25.7 Å². The lowest BCUT2D eigenvalue weighted by Crippen LogP contribution is -2.51. The van der Waals surface area contributed by atoms with Gasteiger partial charge in [0.15, 0.2) is 14.6 Å². The predicted octanol–water partition coefficient (Wildman–Crippen LogP) is 7.09. The van der Waals surface area contributed by atoms with Crippen molar-refractivity contribution < 1.29 is 13.6 Å². The van der Waals surface area contributed by atoms with E-state index in [2.05, 4.69) is 90.3 Å². The van der Waals surface area contributed by atoms with Gasteiger partial charge in [0.2, 0.25) is 8.32 Å². The van der Waals surface area contributed by atoms with Crippen LogP contribution in [0.5, 0.6) is 0 Å². The zero-order valence-corrected chi connectivity index (χ0v) is 26.4. The fourth-order valence-corrected chi connectivity index (χ4v) is 12.5. The molecule has 0 spiro atoms. The number of nitrogens with zero attached hydrogens (tertiary/aromatic N) is 3. The molecule has 1 aliphatic carbocycles. The second-order valence-electron chi connectivity index (χ2n) is 13.0. The van der Waals surface area contributed by atoms with Crippen LogP contribution >= 0.6 is 0 Å². The van der Waals surface area contributed by atoms with E-state index in [1.54, 1.807) is 6.20 Å². The molecule has 6 nitrogen and oxygen atoms in total. The van der Waals surface area contributed by atoms with Gasteiger partial charge < -0.3 is 13.8 Å². The number of aldehydes is 1. The molecule has 0 bridgehead atoms. The van der Waals surface area contributed by atoms with Crippen molar-refractivity contribution in [3.63, 3.8) is 0 Å². The zero-order valence-electron chi connectivity index (χ0n) is 24.4. The maximum atomic E-state index is 11.7. The Kier molecular flexibility index (Phi) is 9.92. The molecule has 0 aliphatic heterocycles. The molecule has 0 amide bonds. The van der Waals surface area contributed by atoms with Crippen molar-refractivity contribution >= 4 is 28.7 Å². The number of carbonyl (C=O) groups excluding carboxylic acids is 1. The first-order chi connectivity index (χ1) is 16.1. The molecule has 0 aromatic carbocycles. The van der Waals surface area contributed by atoms with E-state index < -0.39 is 16.6 Å². The molecule has 8 heteroatoms. The lowest BCUT2D eigenvalue weighted by Gasteiger charge is -2.45. The van der Waals surface area contributed by atoms with Crippen LogP contribution in [0, 0.1) is 5.92 Å². The smallest absolute Gasteiger partial charge is 0.200 e. The van der Waals surface area contributed by atoms with Crippen molar-refractivity contribution in [2.24, 2.45) is 5.92 Å². The van der Waals surface area contributed by atoms with E-state index in [-0.39, 0.29) is 17.2 Å². The largest absolute Gasteiger partial charge is 0.416 e. The Morgan fingerprint density at radius 2 is 1.66 bits per heavy atom. The second kappa shape index (κ2) is 11.5. The number of anilines is 1. The summed E-state index contributed by atoms with van der Waals surface area (Å²) in [6.45, 7) is 26.4. The lowest BCUT2D eigenvalue weighted by atomic mass is 10.1. The van der Waals surface area contributed by atoms with Crippen LogP contribution in [-0.2, 0) is 8.85 Å². The maximum Gasteiger partial charge on any atom is 0.200 e. The summed E-state index contributed by atoms with van der Waals surface area (Å²) in [7, 11) is -1.88. The SMILES string of the molecule is CC(C)[Si](O[C@H]1C[C@H](N(C)c2ncncc2C=O)C[C@@H]1CO[Si](C)(C)C(C)(C)C)(C(C)C)C(C)C. The van der Waals surface area contributed by atoms with Crippen molar-refractivity contribution in [3.05, 3.63) is 18.1 Å². The van der Waals surface area contributed by atoms with Crippen molar-refractivity contribution in [1.82, 2.24) is 9.97 Å². The van der Waals surface area contributed by atoms with Gasteiger partial charge in [-0.25, -0.2) is 9.97 Å². The molecule has 2 rings (SSSR count). The van der Waals surface area contributed by atoms with E-state index in [4.69, 9.17) is 8.85 Å². The standard InChI is InChI=1S/C27H51N3O3Si2/c1-19(2)35(20(3)4,21(5)6)33-25-14-24(30(10)26-23(16-31)15-28-18-29-26)13-22(25)17-32-34(11,12)27(7,8)9/h15-16,18-22,24-25H,13-14,17H2,1-12H3/t22-,24-,25+/m1/s1. The number of rotatable bonds is 11. The molecule has 200 valence electrons. The zero-order chi connectivity index (χ0) is 26.8. The van der Waals surface area contributed by atoms with Crippen LogP contribution < -0.4 is 4.90 Å². The molecule has 3 atom stereocenters. The van der Waals surface area contributed by atoms with Gasteiger partial charge in [0.05, 0.1) is 11.7 Å². The quantitative estimate of drug-likeness (QED) is 0.229. The number of hydrogen-bond acceptors (Lipinski definition) is 6. The first-order valence-corrected chi connectivity index (χ1v) is 18.4. The average molecular weight is 522 g/mol. The highest BCUT2D eigenvalue weighted by Crippen LogP contribution is 2.47.